The van der Waals surface area contributed by atoms with Crippen LogP contribution in [0.25, 0.3) is 11.1 Å². The van der Waals surface area contributed by atoms with Crippen LogP contribution in [0.15, 0.2) is 21.2 Å². The number of aryl methyl sites for hydroxylation is 1. The molecule has 8 nitrogen and oxygen atoms in total. The van der Waals surface area contributed by atoms with E-state index in [-0.39, 0.29) is 5.91 Å². The van der Waals surface area contributed by atoms with Crippen LogP contribution in [0.5, 0.6) is 0 Å². The molecule has 0 spiro atoms. The first kappa shape index (κ1) is 18.4. The molecular weight excluding hydrogens is 412 g/mol. The van der Waals surface area contributed by atoms with Gasteiger partial charge in [0.2, 0.25) is 10.0 Å². The van der Waals surface area contributed by atoms with Gasteiger partial charge in [-0.1, -0.05) is 0 Å². The van der Waals surface area contributed by atoms with Crippen LogP contribution < -0.4 is 5.32 Å². The largest absolute Gasteiger partial charge is 0.448 e. The SMILES string of the molecule is Cn1c(C(=O)NCCN2CCN(S(C)(=O)=O)CC2)cc2oc(Br)cc21. The van der Waals surface area contributed by atoms with Gasteiger partial charge in [0, 0.05) is 58.4 Å². The molecule has 25 heavy (non-hydrogen) atoms. The summed E-state index contributed by atoms with van der Waals surface area (Å²) in [6, 6.07) is 3.55. The average Bonchev–Trinajstić information content (AvgIpc) is 3.05. The van der Waals surface area contributed by atoms with E-state index in [0.717, 1.165) is 5.52 Å². The standard InChI is InChI=1S/C15H21BrN4O4S/c1-18-11-10-14(16)24-13(11)9-12(18)15(21)17-3-4-19-5-7-20(8-6-19)25(2,22)23/h9-10H,3-8H2,1-2H3,(H,17,21). The molecule has 0 atom stereocenters. The van der Waals surface area contributed by atoms with Crippen LogP contribution in [-0.4, -0.2) is 73.6 Å². The molecule has 1 fully saturated rings. The summed E-state index contributed by atoms with van der Waals surface area (Å²) < 4.78 is 32.4. The van der Waals surface area contributed by atoms with Crippen molar-refractivity contribution >= 4 is 43.0 Å². The zero-order valence-electron chi connectivity index (χ0n) is 14.2. The van der Waals surface area contributed by atoms with Gasteiger partial charge >= 0.3 is 0 Å². The van der Waals surface area contributed by atoms with Crippen molar-refractivity contribution in [1.82, 2.24) is 19.1 Å². The lowest BCUT2D eigenvalue weighted by molar-refractivity contribution is 0.0937. The van der Waals surface area contributed by atoms with Crippen molar-refractivity contribution in [3.63, 3.8) is 0 Å². The lowest BCUT2D eigenvalue weighted by atomic mass is 10.3. The van der Waals surface area contributed by atoms with Crippen molar-refractivity contribution < 1.29 is 17.6 Å². The van der Waals surface area contributed by atoms with Gasteiger partial charge in [-0.25, -0.2) is 8.42 Å². The Labute approximate surface area is 154 Å². The lowest BCUT2D eigenvalue weighted by Crippen LogP contribution is -2.49. The predicted octanol–water partition coefficient (Wildman–Crippen LogP) is 0.841. The molecular formula is C15H21BrN4O4S. The molecule has 1 amide bonds. The van der Waals surface area contributed by atoms with E-state index in [0.29, 0.717) is 55.2 Å². The second-order valence-electron chi connectivity index (χ2n) is 6.15. The van der Waals surface area contributed by atoms with E-state index in [9.17, 15) is 13.2 Å². The zero-order valence-corrected chi connectivity index (χ0v) is 16.6. The van der Waals surface area contributed by atoms with Crippen LogP contribution in [-0.2, 0) is 17.1 Å². The molecule has 0 aliphatic carbocycles. The highest BCUT2D eigenvalue weighted by molar-refractivity contribution is 9.10. The first-order chi connectivity index (χ1) is 11.8. The number of carbonyl (C=O) groups excluding carboxylic acids is 1. The Hall–Kier alpha value is -1.36. The van der Waals surface area contributed by atoms with Crippen molar-refractivity contribution in [2.75, 3.05) is 45.5 Å². The minimum absolute atomic E-state index is 0.153. The number of rotatable bonds is 5. The van der Waals surface area contributed by atoms with Gasteiger partial charge < -0.3 is 14.3 Å². The third kappa shape index (κ3) is 4.08. The Morgan fingerprint density at radius 3 is 2.56 bits per heavy atom. The molecule has 0 aromatic carbocycles. The van der Waals surface area contributed by atoms with Gasteiger partial charge in [0.25, 0.3) is 5.91 Å². The van der Waals surface area contributed by atoms with Crippen LogP contribution in [0.1, 0.15) is 10.5 Å². The second-order valence-corrected chi connectivity index (χ2v) is 8.91. The van der Waals surface area contributed by atoms with Crippen LogP contribution in [0, 0.1) is 0 Å². The monoisotopic (exact) mass is 432 g/mol. The number of halogens is 1. The van der Waals surface area contributed by atoms with Crippen molar-refractivity contribution in [3.8, 4) is 0 Å². The van der Waals surface area contributed by atoms with Crippen molar-refractivity contribution in [2.45, 2.75) is 0 Å². The molecule has 138 valence electrons. The number of sulfonamides is 1. The van der Waals surface area contributed by atoms with E-state index in [1.54, 1.807) is 10.6 Å². The van der Waals surface area contributed by atoms with Crippen LogP contribution in [0.3, 0.4) is 0 Å². The third-order valence-corrected chi connectivity index (χ3v) is 6.14. The summed E-state index contributed by atoms with van der Waals surface area (Å²) in [5, 5.41) is 2.91. The Kier molecular flexibility index (Phi) is 5.24. The van der Waals surface area contributed by atoms with Gasteiger partial charge in [0.1, 0.15) is 5.69 Å². The minimum Gasteiger partial charge on any atom is -0.448 e. The molecule has 2 aromatic rings. The Morgan fingerprint density at radius 1 is 1.28 bits per heavy atom. The van der Waals surface area contributed by atoms with Crippen molar-refractivity contribution in [3.05, 3.63) is 22.5 Å². The molecule has 0 saturated carbocycles. The fourth-order valence-electron chi connectivity index (χ4n) is 3.00. The smallest absolute Gasteiger partial charge is 0.268 e. The zero-order chi connectivity index (χ0) is 18.2. The summed E-state index contributed by atoms with van der Waals surface area (Å²) in [4.78, 5) is 14.5. The summed E-state index contributed by atoms with van der Waals surface area (Å²) in [5.74, 6) is -0.153. The summed E-state index contributed by atoms with van der Waals surface area (Å²) in [6.07, 6.45) is 1.23. The van der Waals surface area contributed by atoms with E-state index < -0.39 is 10.0 Å². The van der Waals surface area contributed by atoms with Gasteiger partial charge in [-0.15, -0.1) is 0 Å². The molecule has 0 radical (unpaired) electrons. The molecule has 1 N–H and O–H groups in total. The molecule has 1 aliphatic heterocycles. The maximum Gasteiger partial charge on any atom is 0.268 e. The minimum atomic E-state index is -3.11. The van der Waals surface area contributed by atoms with E-state index in [2.05, 4.69) is 26.1 Å². The first-order valence-corrected chi connectivity index (χ1v) is 10.6. The lowest BCUT2D eigenvalue weighted by Gasteiger charge is -2.33. The van der Waals surface area contributed by atoms with Gasteiger partial charge in [-0.05, 0) is 15.9 Å². The number of carbonyl (C=O) groups is 1. The van der Waals surface area contributed by atoms with Crippen molar-refractivity contribution in [1.29, 1.82) is 0 Å². The molecule has 10 heteroatoms. The highest BCUT2D eigenvalue weighted by Gasteiger charge is 2.23. The number of nitrogens with one attached hydrogen (secondary N) is 1. The summed E-state index contributed by atoms with van der Waals surface area (Å²) >= 11 is 3.27. The molecule has 3 rings (SSSR count). The van der Waals surface area contributed by atoms with E-state index in [1.165, 1.54) is 10.6 Å². The van der Waals surface area contributed by atoms with Gasteiger partial charge in [-0.3, -0.25) is 9.69 Å². The van der Waals surface area contributed by atoms with Gasteiger partial charge in [0.05, 0.1) is 11.8 Å². The number of amides is 1. The van der Waals surface area contributed by atoms with Crippen LogP contribution in [0.4, 0.5) is 0 Å². The number of piperazine rings is 1. The summed E-state index contributed by atoms with van der Waals surface area (Å²) in [5.41, 5.74) is 2.06. The van der Waals surface area contributed by atoms with E-state index >= 15 is 0 Å². The van der Waals surface area contributed by atoms with E-state index in [4.69, 9.17) is 4.42 Å². The molecule has 0 bridgehead atoms. The Bertz CT molecular complexity index is 881. The molecule has 1 saturated heterocycles. The van der Waals surface area contributed by atoms with Crippen LogP contribution in [0.2, 0.25) is 0 Å². The highest BCUT2D eigenvalue weighted by Crippen LogP contribution is 2.25. The maximum atomic E-state index is 12.4. The van der Waals surface area contributed by atoms with E-state index in [1.807, 2.05) is 13.1 Å². The fraction of sp³-hybridized carbons (Fsp3) is 0.533. The number of fused-ring (bicyclic) bond motifs is 1. The average molecular weight is 433 g/mol. The highest BCUT2D eigenvalue weighted by atomic mass is 79.9. The first-order valence-electron chi connectivity index (χ1n) is 7.96. The molecule has 1 aliphatic rings. The van der Waals surface area contributed by atoms with Crippen LogP contribution >= 0.6 is 15.9 Å². The molecule has 0 unspecified atom stereocenters. The topological polar surface area (TPSA) is 87.8 Å². The number of hydrogen-bond acceptors (Lipinski definition) is 5. The van der Waals surface area contributed by atoms with Gasteiger partial charge in [-0.2, -0.15) is 4.31 Å². The predicted molar refractivity (Wildman–Crippen MR) is 98.1 cm³/mol. The number of aromatic nitrogens is 1. The summed E-state index contributed by atoms with van der Waals surface area (Å²) in [6.45, 7) is 3.54. The second kappa shape index (κ2) is 7.10. The maximum absolute atomic E-state index is 12.4. The molecule has 3 heterocycles. The number of hydrogen-bond donors (Lipinski definition) is 1. The molecule has 2 aromatic heterocycles. The Morgan fingerprint density at radius 2 is 1.96 bits per heavy atom. The Balaban J connectivity index is 1.50. The number of nitrogens with zero attached hydrogens (tertiary/aromatic N) is 3. The van der Waals surface area contributed by atoms with Gasteiger partial charge in [0.15, 0.2) is 10.3 Å². The quantitative estimate of drug-likeness (QED) is 0.755. The number of furan rings is 1. The summed E-state index contributed by atoms with van der Waals surface area (Å²) in [7, 11) is -1.29. The van der Waals surface area contributed by atoms with Crippen molar-refractivity contribution in [2.24, 2.45) is 7.05 Å². The third-order valence-electron chi connectivity index (χ3n) is 4.45. The normalized spacial score (nSPS) is 17.2. The fourth-order valence-corrected chi connectivity index (χ4v) is 4.22.